The van der Waals surface area contributed by atoms with Gasteiger partial charge in [-0.25, -0.2) is 4.98 Å². The highest BCUT2D eigenvalue weighted by molar-refractivity contribution is 6.31. The molecule has 0 saturated heterocycles. The first-order valence-corrected chi connectivity index (χ1v) is 13.2. The minimum Gasteiger partial charge on any atom is -0.487 e. The van der Waals surface area contributed by atoms with Gasteiger partial charge in [0, 0.05) is 24.8 Å². The summed E-state index contributed by atoms with van der Waals surface area (Å²) >= 11 is 6.51. The number of rotatable bonds is 12. The molecule has 0 radical (unpaired) electrons. The van der Waals surface area contributed by atoms with E-state index < -0.39 is 0 Å². The summed E-state index contributed by atoms with van der Waals surface area (Å²) in [6.07, 6.45) is 1.88. The van der Waals surface area contributed by atoms with Crippen LogP contribution in [0.15, 0.2) is 60.8 Å². The van der Waals surface area contributed by atoms with Gasteiger partial charge in [-0.15, -0.1) is 0 Å². The molecule has 2 aromatic carbocycles. The summed E-state index contributed by atoms with van der Waals surface area (Å²) in [5.74, 6) is 2.12. The Morgan fingerprint density at radius 1 is 0.821 bits per heavy atom. The van der Waals surface area contributed by atoms with Gasteiger partial charge in [-0.3, -0.25) is 4.98 Å². The van der Waals surface area contributed by atoms with Crippen molar-refractivity contribution in [2.45, 2.75) is 40.2 Å². The molecule has 0 spiro atoms. The lowest BCUT2D eigenvalue weighted by Gasteiger charge is -2.17. The average Bonchev–Trinajstić information content (AvgIpc) is 2.94. The Morgan fingerprint density at radius 2 is 1.46 bits per heavy atom. The molecule has 4 aromatic rings. The largest absolute Gasteiger partial charge is 0.487 e. The highest BCUT2D eigenvalue weighted by atomic mass is 35.5. The molecule has 0 saturated carbocycles. The first-order valence-electron chi connectivity index (χ1n) is 12.9. The molecule has 0 unspecified atom stereocenters. The maximum atomic E-state index is 6.51. The van der Waals surface area contributed by atoms with Crippen LogP contribution in [-0.2, 0) is 26.3 Å². The van der Waals surface area contributed by atoms with E-state index in [1.54, 1.807) is 7.11 Å². The summed E-state index contributed by atoms with van der Waals surface area (Å²) in [6.45, 7) is 6.15. The van der Waals surface area contributed by atoms with Crippen LogP contribution in [0.1, 0.15) is 33.6 Å². The number of aromatic nitrogens is 2. The van der Waals surface area contributed by atoms with Gasteiger partial charge in [0.05, 0.1) is 17.8 Å². The summed E-state index contributed by atoms with van der Waals surface area (Å²) in [6, 6.07) is 18.1. The summed E-state index contributed by atoms with van der Waals surface area (Å²) in [5.41, 5.74) is 7.78. The van der Waals surface area contributed by atoms with Crippen molar-refractivity contribution in [3.8, 4) is 28.5 Å². The van der Waals surface area contributed by atoms with Gasteiger partial charge in [0.25, 0.3) is 0 Å². The van der Waals surface area contributed by atoms with Crippen LogP contribution in [0, 0.1) is 13.8 Å². The normalized spacial score (nSPS) is 10.9. The molecule has 0 aliphatic rings. The highest BCUT2D eigenvalue weighted by Crippen LogP contribution is 2.36. The van der Waals surface area contributed by atoms with E-state index >= 15 is 0 Å². The molecule has 0 aliphatic carbocycles. The molecule has 8 heteroatoms. The predicted octanol–water partition coefficient (Wildman–Crippen LogP) is 6.02. The Labute approximate surface area is 235 Å². The highest BCUT2D eigenvalue weighted by Gasteiger charge is 2.15. The van der Waals surface area contributed by atoms with E-state index in [1.165, 1.54) is 0 Å². The molecule has 0 atom stereocenters. The van der Waals surface area contributed by atoms with Crippen LogP contribution in [-0.4, -0.2) is 31.2 Å². The quantitative estimate of drug-likeness (QED) is 0.225. The van der Waals surface area contributed by atoms with E-state index in [1.807, 2.05) is 56.7 Å². The van der Waals surface area contributed by atoms with E-state index in [4.69, 9.17) is 25.8 Å². The van der Waals surface area contributed by atoms with Crippen molar-refractivity contribution in [2.24, 2.45) is 0 Å². The summed E-state index contributed by atoms with van der Waals surface area (Å²) in [5, 5.41) is 6.77. The number of methoxy groups -OCH3 is 1. The lowest BCUT2D eigenvalue weighted by Crippen LogP contribution is -2.10. The second-order valence-corrected chi connectivity index (χ2v) is 9.65. The molecule has 0 aliphatic heterocycles. The zero-order chi connectivity index (χ0) is 27.8. The Bertz CT molecular complexity index is 1410. The van der Waals surface area contributed by atoms with Gasteiger partial charge in [0.15, 0.2) is 0 Å². The first kappa shape index (κ1) is 28.4. The van der Waals surface area contributed by atoms with Crippen LogP contribution in [0.2, 0.25) is 5.02 Å². The molecule has 4 rings (SSSR count). The maximum absolute atomic E-state index is 6.51. The second-order valence-electron chi connectivity index (χ2n) is 9.24. The molecule has 0 bridgehead atoms. The third-order valence-corrected chi connectivity index (χ3v) is 6.84. The average molecular weight is 547 g/mol. The van der Waals surface area contributed by atoms with Crippen LogP contribution in [0.5, 0.6) is 17.4 Å². The monoisotopic (exact) mass is 546 g/mol. The zero-order valence-electron chi connectivity index (χ0n) is 23.1. The number of halogens is 1. The summed E-state index contributed by atoms with van der Waals surface area (Å²) in [7, 11) is 5.39. The van der Waals surface area contributed by atoms with Crippen LogP contribution in [0.25, 0.3) is 11.1 Å². The molecule has 0 amide bonds. The number of hydrogen-bond acceptors (Lipinski definition) is 7. The third-order valence-electron chi connectivity index (χ3n) is 6.51. The van der Waals surface area contributed by atoms with Crippen molar-refractivity contribution in [3.63, 3.8) is 0 Å². The SMILES string of the molecule is CNCc1ccc(COc2cccc(-c3cccc(OCc4nc(OC)c(CNC)cc4Cl)c3C)c2C)nc1. The van der Waals surface area contributed by atoms with Crippen molar-refractivity contribution in [3.05, 3.63) is 99.5 Å². The Balaban J connectivity index is 1.51. The Kier molecular flexibility index (Phi) is 9.76. The van der Waals surface area contributed by atoms with E-state index in [2.05, 4.69) is 52.6 Å². The molecule has 2 N–H and O–H groups in total. The lowest BCUT2D eigenvalue weighted by molar-refractivity contribution is 0.296. The minimum absolute atomic E-state index is 0.224. The van der Waals surface area contributed by atoms with Gasteiger partial charge in [-0.2, -0.15) is 0 Å². The Morgan fingerprint density at radius 3 is 2.03 bits per heavy atom. The zero-order valence-corrected chi connectivity index (χ0v) is 23.9. The van der Waals surface area contributed by atoms with Crippen molar-refractivity contribution < 1.29 is 14.2 Å². The van der Waals surface area contributed by atoms with Crippen LogP contribution in [0.4, 0.5) is 0 Å². The number of benzene rings is 2. The summed E-state index contributed by atoms with van der Waals surface area (Å²) < 4.78 is 17.8. The molecular weight excluding hydrogens is 512 g/mol. The molecule has 7 nitrogen and oxygen atoms in total. The second kappa shape index (κ2) is 13.4. The predicted molar refractivity (Wildman–Crippen MR) is 156 cm³/mol. The topological polar surface area (TPSA) is 77.5 Å². The lowest BCUT2D eigenvalue weighted by atomic mass is 9.95. The minimum atomic E-state index is 0.224. The smallest absolute Gasteiger partial charge is 0.218 e. The number of ether oxygens (including phenoxy) is 3. The van der Waals surface area contributed by atoms with Gasteiger partial charge in [-0.1, -0.05) is 41.9 Å². The van der Waals surface area contributed by atoms with Crippen molar-refractivity contribution >= 4 is 11.6 Å². The third kappa shape index (κ3) is 6.87. The van der Waals surface area contributed by atoms with E-state index in [9.17, 15) is 0 Å². The number of pyridine rings is 2. The van der Waals surface area contributed by atoms with Crippen molar-refractivity contribution in [1.29, 1.82) is 0 Å². The number of nitrogens with one attached hydrogen (secondary N) is 2. The van der Waals surface area contributed by atoms with Crippen LogP contribution < -0.4 is 24.8 Å². The van der Waals surface area contributed by atoms with Gasteiger partial charge in [-0.05, 0) is 80.0 Å². The van der Waals surface area contributed by atoms with E-state index in [-0.39, 0.29) is 6.61 Å². The summed E-state index contributed by atoms with van der Waals surface area (Å²) in [4.78, 5) is 9.09. The molecule has 39 heavy (non-hydrogen) atoms. The van der Waals surface area contributed by atoms with Gasteiger partial charge in [0.2, 0.25) is 5.88 Å². The van der Waals surface area contributed by atoms with E-state index in [0.717, 1.165) is 57.1 Å². The fraction of sp³-hybridized carbons (Fsp3) is 0.290. The molecule has 2 heterocycles. The molecular formula is C31H35ClN4O3. The van der Waals surface area contributed by atoms with Gasteiger partial charge < -0.3 is 24.8 Å². The maximum Gasteiger partial charge on any atom is 0.218 e. The Hall–Kier alpha value is -3.65. The molecule has 204 valence electrons. The molecule has 0 fully saturated rings. The number of hydrogen-bond donors (Lipinski definition) is 2. The van der Waals surface area contributed by atoms with Gasteiger partial charge in [0.1, 0.15) is 30.4 Å². The fourth-order valence-corrected chi connectivity index (χ4v) is 4.64. The van der Waals surface area contributed by atoms with Crippen LogP contribution >= 0.6 is 11.6 Å². The van der Waals surface area contributed by atoms with Crippen molar-refractivity contribution in [1.82, 2.24) is 20.6 Å². The van der Waals surface area contributed by atoms with Gasteiger partial charge >= 0.3 is 0 Å². The van der Waals surface area contributed by atoms with Crippen LogP contribution in [0.3, 0.4) is 0 Å². The standard InChI is InChI=1S/C31H35ClN4O3/c1-20-25(8-6-10-29(20)38-18-24-13-12-22(15-33-3)16-35-24)26-9-7-11-30(21(26)2)39-19-28-27(32)14-23(17-34-4)31(36-28)37-5/h6-14,16,33-34H,15,17-19H2,1-5H3. The van der Waals surface area contributed by atoms with Crippen molar-refractivity contribution in [2.75, 3.05) is 21.2 Å². The first-order chi connectivity index (χ1) is 18.9. The fourth-order valence-electron chi connectivity index (χ4n) is 4.41. The number of nitrogens with zero attached hydrogens (tertiary/aromatic N) is 2. The molecule has 2 aromatic heterocycles. The van der Waals surface area contributed by atoms with E-state index in [0.29, 0.717) is 29.7 Å².